The highest BCUT2D eigenvalue weighted by molar-refractivity contribution is 14.1. The summed E-state index contributed by atoms with van der Waals surface area (Å²) in [6, 6.07) is 3.64. The van der Waals surface area contributed by atoms with Gasteiger partial charge in [0.1, 0.15) is 0 Å². The molecule has 0 unspecified atom stereocenters. The molecule has 0 bridgehead atoms. The first-order chi connectivity index (χ1) is 11.8. The third-order valence-electron chi connectivity index (χ3n) is 2.72. The maximum absolute atomic E-state index is 12.9. The van der Waals surface area contributed by atoms with E-state index in [1.54, 1.807) is 0 Å². The molecule has 0 amide bonds. The zero-order valence-electron chi connectivity index (χ0n) is 12.7. The fraction of sp³-hybridized carbons (Fsp3) is 0.385. The second kappa shape index (κ2) is 10.1. The molecule has 0 atom stereocenters. The van der Waals surface area contributed by atoms with Crippen molar-refractivity contribution in [3.63, 3.8) is 0 Å². The van der Waals surface area contributed by atoms with Crippen LogP contribution in [0.5, 0.6) is 5.75 Å². The Labute approximate surface area is 188 Å². The summed E-state index contributed by atoms with van der Waals surface area (Å²) in [4.78, 5) is 23.1. The third kappa shape index (κ3) is 7.63. The normalized spacial score (nSPS) is 11.9. The largest absolute Gasteiger partial charge is 0.458 e. The lowest BCUT2D eigenvalue weighted by molar-refractivity contribution is -0.149. The van der Waals surface area contributed by atoms with E-state index in [1.165, 1.54) is 0 Å². The molecule has 1 aromatic rings. The molecular weight excluding hydrogens is 719 g/mol. The maximum atomic E-state index is 12.9. The minimum absolute atomic E-state index is 0.0351. The fourth-order valence-electron chi connectivity index (χ4n) is 1.48. The predicted molar refractivity (Wildman–Crippen MR) is 112 cm³/mol. The highest BCUT2D eigenvalue weighted by atomic mass is 127. The van der Waals surface area contributed by atoms with Crippen LogP contribution in [0.4, 0.5) is 8.78 Å². The van der Waals surface area contributed by atoms with Crippen LogP contribution in [0, 0.1) is 10.7 Å². The molecule has 0 radical (unpaired) electrons. The first-order valence-electron chi connectivity index (χ1n) is 6.69. The van der Waals surface area contributed by atoms with Gasteiger partial charge in [-0.25, -0.2) is 0 Å². The van der Waals surface area contributed by atoms with E-state index < -0.39 is 40.3 Å². The van der Waals surface area contributed by atoms with Gasteiger partial charge in [0.15, 0.2) is 12.4 Å². The van der Waals surface area contributed by atoms with Crippen molar-refractivity contribution in [3.8, 4) is 5.75 Å². The molecule has 146 valence electrons. The van der Waals surface area contributed by atoms with E-state index in [9.17, 15) is 26.8 Å². The summed E-state index contributed by atoms with van der Waals surface area (Å²) in [7, 11) is -5.66. The Morgan fingerprint density at radius 2 is 1.58 bits per heavy atom. The van der Waals surface area contributed by atoms with Crippen LogP contribution in [-0.2, 0) is 24.4 Å². The highest BCUT2D eigenvalue weighted by Gasteiger charge is 2.45. The summed E-state index contributed by atoms with van der Waals surface area (Å²) in [6.45, 7) is -1.80. The second-order valence-corrected chi connectivity index (χ2v) is 9.92. The van der Waals surface area contributed by atoms with Gasteiger partial charge in [0, 0.05) is 16.4 Å². The van der Waals surface area contributed by atoms with Gasteiger partial charge in [0.25, 0.3) is 0 Å². The molecule has 7 nitrogen and oxygen atoms in total. The minimum Gasteiger partial charge on any atom is -0.458 e. The number of esters is 2. The summed E-state index contributed by atoms with van der Waals surface area (Å²) in [5.41, 5.74) is 0. The minimum atomic E-state index is -5.66. The van der Waals surface area contributed by atoms with Crippen LogP contribution in [0.2, 0.25) is 0 Å². The van der Waals surface area contributed by atoms with E-state index in [1.807, 2.05) is 57.3 Å². The van der Waals surface area contributed by atoms with Gasteiger partial charge in [-0.1, -0.05) is 0 Å². The molecule has 0 spiro atoms. The molecule has 13 heteroatoms. The van der Waals surface area contributed by atoms with Crippen molar-refractivity contribution in [2.45, 2.75) is 24.5 Å². The predicted octanol–water partition coefficient (Wildman–Crippen LogP) is 3.60. The SMILES string of the molecule is O=C(CCCC(=O)Oc1c(I)cc(I)cc1I)OCC(F)(F)S(=O)(=O)O. The number of ether oxygens (including phenoxy) is 2. The van der Waals surface area contributed by atoms with E-state index in [0.717, 1.165) is 10.7 Å². The molecule has 0 heterocycles. The molecule has 1 rings (SSSR count). The molecule has 26 heavy (non-hydrogen) atoms. The van der Waals surface area contributed by atoms with Crippen LogP contribution >= 0.6 is 67.8 Å². The average Bonchev–Trinajstić information content (AvgIpc) is 2.48. The summed E-state index contributed by atoms with van der Waals surface area (Å²) >= 11 is 6.15. The smallest absolute Gasteiger partial charge is 0.402 e. The zero-order chi connectivity index (χ0) is 20.1. The highest BCUT2D eigenvalue weighted by Crippen LogP contribution is 2.30. The van der Waals surface area contributed by atoms with E-state index in [-0.39, 0.29) is 12.8 Å². The first kappa shape index (κ1) is 24.2. The number of hydrogen-bond acceptors (Lipinski definition) is 6. The quantitative estimate of drug-likeness (QED) is 0.189. The van der Waals surface area contributed by atoms with Gasteiger partial charge >= 0.3 is 27.3 Å². The van der Waals surface area contributed by atoms with Gasteiger partial charge in [-0.2, -0.15) is 17.2 Å². The maximum Gasteiger partial charge on any atom is 0.402 e. The van der Waals surface area contributed by atoms with Crippen molar-refractivity contribution in [1.29, 1.82) is 0 Å². The van der Waals surface area contributed by atoms with Crippen molar-refractivity contribution < 1.29 is 40.8 Å². The van der Waals surface area contributed by atoms with Crippen LogP contribution in [0.25, 0.3) is 0 Å². The van der Waals surface area contributed by atoms with Crippen molar-refractivity contribution in [1.82, 2.24) is 0 Å². The fourth-order valence-corrected chi connectivity index (χ4v) is 5.49. The van der Waals surface area contributed by atoms with Crippen molar-refractivity contribution >= 4 is 89.8 Å². The molecule has 0 fully saturated rings. The molecule has 0 aliphatic carbocycles. The summed E-state index contributed by atoms with van der Waals surface area (Å²) in [6.07, 6.45) is -0.591. The van der Waals surface area contributed by atoms with E-state index in [2.05, 4.69) is 27.3 Å². The lowest BCUT2D eigenvalue weighted by atomic mass is 10.2. The molecular formula is C13H11F2I3O7S. The summed E-state index contributed by atoms with van der Waals surface area (Å²) < 4.78 is 66.6. The van der Waals surface area contributed by atoms with Gasteiger partial charge in [0.2, 0.25) is 0 Å². The van der Waals surface area contributed by atoms with Crippen LogP contribution in [0.1, 0.15) is 19.3 Å². The van der Waals surface area contributed by atoms with Crippen LogP contribution in [-0.4, -0.2) is 36.8 Å². The monoisotopic (exact) mass is 730 g/mol. The van der Waals surface area contributed by atoms with Crippen LogP contribution in [0.15, 0.2) is 12.1 Å². The van der Waals surface area contributed by atoms with Gasteiger partial charge in [0.05, 0.1) is 7.14 Å². The second-order valence-electron chi connectivity index (χ2n) is 4.80. The van der Waals surface area contributed by atoms with Gasteiger partial charge in [-0.05, 0) is 86.3 Å². The molecule has 1 aromatic carbocycles. The van der Waals surface area contributed by atoms with Gasteiger partial charge in [-0.3, -0.25) is 14.1 Å². The standard InChI is InChI=1S/C13H11F2I3O7S/c14-13(15,26(21,22)23)6-24-10(19)2-1-3-11(20)25-12-8(17)4-7(16)5-9(12)18/h4-5H,1-3,6H2,(H,21,22,23). The number of rotatable bonds is 8. The number of alkyl halides is 2. The van der Waals surface area contributed by atoms with E-state index in [4.69, 9.17) is 9.29 Å². The van der Waals surface area contributed by atoms with Crippen molar-refractivity contribution in [2.24, 2.45) is 0 Å². The van der Waals surface area contributed by atoms with E-state index >= 15 is 0 Å². The number of hydrogen-bond donors (Lipinski definition) is 1. The number of halogens is 5. The molecule has 0 aromatic heterocycles. The topological polar surface area (TPSA) is 107 Å². The van der Waals surface area contributed by atoms with Gasteiger partial charge in [-0.15, -0.1) is 0 Å². The lowest BCUT2D eigenvalue weighted by Crippen LogP contribution is -2.34. The Morgan fingerprint density at radius 1 is 1.08 bits per heavy atom. The van der Waals surface area contributed by atoms with Crippen LogP contribution in [0.3, 0.4) is 0 Å². The average molecular weight is 730 g/mol. The summed E-state index contributed by atoms with van der Waals surface area (Å²) in [5.74, 6) is -1.34. The number of carbonyl (C=O) groups is 2. The van der Waals surface area contributed by atoms with Gasteiger partial charge < -0.3 is 9.47 Å². The Kier molecular flexibility index (Phi) is 9.34. The number of benzene rings is 1. The van der Waals surface area contributed by atoms with E-state index in [0.29, 0.717) is 5.75 Å². The molecule has 0 saturated heterocycles. The molecule has 0 saturated carbocycles. The Balaban J connectivity index is 2.44. The van der Waals surface area contributed by atoms with Crippen molar-refractivity contribution in [3.05, 3.63) is 22.8 Å². The Hall–Kier alpha value is 0.120. The zero-order valence-corrected chi connectivity index (χ0v) is 20.0. The molecule has 0 aliphatic rings. The summed E-state index contributed by atoms with van der Waals surface area (Å²) in [5, 5.41) is -4.58. The Bertz CT molecular complexity index is 776. The van der Waals surface area contributed by atoms with Crippen LogP contribution < -0.4 is 4.74 Å². The molecule has 1 N–H and O–H groups in total. The third-order valence-corrected chi connectivity index (χ3v) is 5.82. The molecule has 0 aliphatic heterocycles. The first-order valence-corrected chi connectivity index (χ1v) is 11.4. The van der Waals surface area contributed by atoms with Crippen molar-refractivity contribution in [2.75, 3.05) is 6.61 Å². The lowest BCUT2D eigenvalue weighted by Gasteiger charge is -2.13. The Morgan fingerprint density at radius 3 is 2.08 bits per heavy atom. The number of carbonyl (C=O) groups excluding carboxylic acids is 2.